The zero-order valence-electron chi connectivity index (χ0n) is 10.6. The molecule has 1 aromatic rings. The summed E-state index contributed by atoms with van der Waals surface area (Å²) in [6, 6.07) is 1.56. The molecule has 0 radical (unpaired) electrons. The molecule has 1 fully saturated rings. The predicted molar refractivity (Wildman–Crippen MR) is 68.1 cm³/mol. The number of carboxylic acid groups (broad SMARTS) is 1. The first-order chi connectivity index (χ1) is 9.00. The first kappa shape index (κ1) is 13.3. The van der Waals surface area contributed by atoms with Gasteiger partial charge in [-0.25, -0.2) is 0 Å². The molecule has 0 bridgehead atoms. The number of pyridine rings is 1. The number of rotatable bonds is 4. The lowest BCUT2D eigenvalue weighted by molar-refractivity contribution is -0.384. The average Bonchev–Trinajstić information content (AvgIpc) is 2.84. The van der Waals surface area contributed by atoms with Gasteiger partial charge < -0.3 is 10.0 Å². The van der Waals surface area contributed by atoms with E-state index in [2.05, 4.69) is 4.98 Å². The van der Waals surface area contributed by atoms with Gasteiger partial charge in [0.25, 0.3) is 0 Å². The van der Waals surface area contributed by atoms with E-state index in [4.69, 9.17) is 0 Å². The minimum atomic E-state index is -0.839. The Bertz CT molecular complexity index is 519. The van der Waals surface area contributed by atoms with Crippen molar-refractivity contribution in [2.45, 2.75) is 19.8 Å². The Balaban J connectivity index is 2.31. The van der Waals surface area contributed by atoms with Gasteiger partial charge in [0, 0.05) is 19.3 Å². The van der Waals surface area contributed by atoms with Gasteiger partial charge >= 0.3 is 11.7 Å². The van der Waals surface area contributed by atoms with E-state index in [1.165, 1.54) is 12.4 Å². The van der Waals surface area contributed by atoms with Crippen LogP contribution in [0.3, 0.4) is 0 Å². The number of nitrogens with zero attached hydrogens (tertiary/aromatic N) is 3. The van der Waals surface area contributed by atoms with Crippen molar-refractivity contribution in [2.75, 3.05) is 18.0 Å². The maximum absolute atomic E-state index is 11.4. The molecule has 19 heavy (non-hydrogen) atoms. The van der Waals surface area contributed by atoms with Gasteiger partial charge in [-0.15, -0.1) is 0 Å². The Kier molecular flexibility index (Phi) is 3.37. The van der Waals surface area contributed by atoms with Crippen molar-refractivity contribution < 1.29 is 14.8 Å². The Labute approximate surface area is 110 Å². The number of aromatic nitrogens is 1. The van der Waals surface area contributed by atoms with Gasteiger partial charge in [0.1, 0.15) is 11.9 Å². The molecule has 2 rings (SSSR count). The standard InChI is InChI=1S/C12H15N3O4/c1-2-12(11(16)17)4-6-14(8-12)9-3-5-13-7-10(9)15(18)19/h3,5,7H,2,4,6,8H2,1H3,(H,16,17). The van der Waals surface area contributed by atoms with Gasteiger partial charge in [0.2, 0.25) is 0 Å². The lowest BCUT2D eigenvalue weighted by Crippen LogP contribution is -2.34. The van der Waals surface area contributed by atoms with Crippen molar-refractivity contribution in [3.05, 3.63) is 28.6 Å². The molecule has 0 saturated carbocycles. The maximum Gasteiger partial charge on any atom is 0.311 e. The fourth-order valence-electron chi connectivity index (χ4n) is 2.48. The molecule has 7 heteroatoms. The maximum atomic E-state index is 11.4. The van der Waals surface area contributed by atoms with E-state index < -0.39 is 16.3 Å². The summed E-state index contributed by atoms with van der Waals surface area (Å²) in [5.74, 6) is -0.839. The summed E-state index contributed by atoms with van der Waals surface area (Å²) < 4.78 is 0. The molecule has 1 atom stereocenters. The van der Waals surface area contributed by atoms with Crippen LogP contribution in [-0.4, -0.2) is 34.1 Å². The fraction of sp³-hybridized carbons (Fsp3) is 0.500. The van der Waals surface area contributed by atoms with Gasteiger partial charge in [-0.2, -0.15) is 0 Å². The molecule has 0 amide bonds. The van der Waals surface area contributed by atoms with Crippen molar-refractivity contribution in [3.8, 4) is 0 Å². The normalized spacial score (nSPS) is 22.5. The summed E-state index contributed by atoms with van der Waals surface area (Å²) >= 11 is 0. The Hall–Kier alpha value is -2.18. The first-order valence-electron chi connectivity index (χ1n) is 6.07. The third-order valence-electron chi connectivity index (χ3n) is 3.80. The molecular formula is C12H15N3O4. The number of anilines is 1. The number of carboxylic acids is 1. The van der Waals surface area contributed by atoms with E-state index in [1.54, 1.807) is 11.0 Å². The van der Waals surface area contributed by atoms with E-state index in [0.29, 0.717) is 31.6 Å². The summed E-state index contributed by atoms with van der Waals surface area (Å²) in [4.78, 5) is 27.4. The largest absolute Gasteiger partial charge is 0.481 e. The molecule has 7 nitrogen and oxygen atoms in total. The van der Waals surface area contributed by atoms with E-state index in [1.807, 2.05) is 6.92 Å². The molecule has 1 saturated heterocycles. The average molecular weight is 265 g/mol. The van der Waals surface area contributed by atoms with Crippen molar-refractivity contribution >= 4 is 17.3 Å². The highest BCUT2D eigenvalue weighted by molar-refractivity contribution is 5.77. The molecule has 2 heterocycles. The number of nitro groups is 1. The first-order valence-corrected chi connectivity index (χ1v) is 6.07. The van der Waals surface area contributed by atoms with Crippen LogP contribution in [0.5, 0.6) is 0 Å². The molecule has 0 aromatic carbocycles. The van der Waals surface area contributed by atoms with E-state index in [0.717, 1.165) is 0 Å². The second-order valence-electron chi connectivity index (χ2n) is 4.73. The van der Waals surface area contributed by atoms with Gasteiger partial charge in [-0.1, -0.05) is 6.92 Å². The van der Waals surface area contributed by atoms with Crippen LogP contribution in [0.15, 0.2) is 18.5 Å². The zero-order chi connectivity index (χ0) is 14.0. The van der Waals surface area contributed by atoms with Gasteiger partial charge in [0.15, 0.2) is 0 Å². The van der Waals surface area contributed by atoms with Gasteiger partial charge in [-0.3, -0.25) is 19.9 Å². The second-order valence-corrected chi connectivity index (χ2v) is 4.73. The summed E-state index contributed by atoms with van der Waals surface area (Å²) in [5.41, 5.74) is -0.451. The van der Waals surface area contributed by atoms with Crippen molar-refractivity contribution in [1.29, 1.82) is 0 Å². The van der Waals surface area contributed by atoms with Crippen LogP contribution in [-0.2, 0) is 4.79 Å². The van der Waals surface area contributed by atoms with Crippen molar-refractivity contribution in [1.82, 2.24) is 4.98 Å². The smallest absolute Gasteiger partial charge is 0.311 e. The lowest BCUT2D eigenvalue weighted by atomic mass is 9.84. The van der Waals surface area contributed by atoms with Crippen LogP contribution in [0.1, 0.15) is 19.8 Å². The van der Waals surface area contributed by atoms with Crippen molar-refractivity contribution in [3.63, 3.8) is 0 Å². The highest BCUT2D eigenvalue weighted by atomic mass is 16.6. The molecule has 0 aliphatic carbocycles. The van der Waals surface area contributed by atoms with Gasteiger partial charge in [-0.05, 0) is 18.9 Å². The summed E-state index contributed by atoms with van der Waals surface area (Å²) in [5, 5.41) is 20.3. The predicted octanol–water partition coefficient (Wildman–Crippen LogP) is 1.68. The van der Waals surface area contributed by atoms with E-state index >= 15 is 0 Å². The summed E-state index contributed by atoms with van der Waals surface area (Å²) in [6.45, 7) is 2.63. The lowest BCUT2D eigenvalue weighted by Gasteiger charge is -2.23. The Morgan fingerprint density at radius 1 is 1.68 bits per heavy atom. The Morgan fingerprint density at radius 2 is 2.42 bits per heavy atom. The molecule has 0 spiro atoms. The fourth-order valence-corrected chi connectivity index (χ4v) is 2.48. The van der Waals surface area contributed by atoms with Crippen LogP contribution in [0.4, 0.5) is 11.4 Å². The molecule has 102 valence electrons. The van der Waals surface area contributed by atoms with Crippen molar-refractivity contribution in [2.24, 2.45) is 5.41 Å². The highest BCUT2D eigenvalue weighted by Gasteiger charge is 2.44. The minimum Gasteiger partial charge on any atom is -0.481 e. The number of hydrogen-bond acceptors (Lipinski definition) is 5. The van der Waals surface area contributed by atoms with Crippen LogP contribution >= 0.6 is 0 Å². The summed E-state index contributed by atoms with van der Waals surface area (Å²) in [7, 11) is 0. The van der Waals surface area contributed by atoms with Crippen LogP contribution < -0.4 is 4.90 Å². The number of aliphatic carboxylic acids is 1. The second kappa shape index (κ2) is 4.83. The minimum absolute atomic E-state index is 0.0835. The number of hydrogen-bond donors (Lipinski definition) is 1. The van der Waals surface area contributed by atoms with E-state index in [-0.39, 0.29) is 5.69 Å². The topological polar surface area (TPSA) is 96.6 Å². The quantitative estimate of drug-likeness (QED) is 0.657. The van der Waals surface area contributed by atoms with Crippen LogP contribution in [0.2, 0.25) is 0 Å². The molecule has 1 N–H and O–H groups in total. The Morgan fingerprint density at radius 3 is 2.95 bits per heavy atom. The highest BCUT2D eigenvalue weighted by Crippen LogP contribution is 2.39. The third kappa shape index (κ3) is 2.23. The molecule has 1 aromatic heterocycles. The monoisotopic (exact) mass is 265 g/mol. The summed E-state index contributed by atoms with van der Waals surface area (Å²) in [6.07, 6.45) is 3.69. The number of carbonyl (C=O) groups is 1. The molecule has 1 unspecified atom stereocenters. The van der Waals surface area contributed by atoms with Crippen LogP contribution in [0, 0.1) is 15.5 Å². The molecule has 1 aliphatic rings. The van der Waals surface area contributed by atoms with Crippen LogP contribution in [0.25, 0.3) is 0 Å². The van der Waals surface area contributed by atoms with E-state index in [9.17, 15) is 20.0 Å². The van der Waals surface area contributed by atoms with Gasteiger partial charge in [0.05, 0.1) is 10.3 Å². The molecule has 1 aliphatic heterocycles. The zero-order valence-corrected chi connectivity index (χ0v) is 10.6. The third-order valence-corrected chi connectivity index (χ3v) is 3.80. The SMILES string of the molecule is CCC1(C(=O)O)CCN(c2ccncc2[N+](=O)[O-])C1. The molecular weight excluding hydrogens is 250 g/mol.